The summed E-state index contributed by atoms with van der Waals surface area (Å²) < 4.78 is 1.97. The van der Waals surface area contributed by atoms with Crippen molar-refractivity contribution in [3.05, 3.63) is 53.9 Å². The van der Waals surface area contributed by atoms with Gasteiger partial charge in [0.25, 0.3) is 0 Å². The molecule has 2 heterocycles. The third kappa shape index (κ3) is 2.01. The van der Waals surface area contributed by atoms with Gasteiger partial charge in [-0.25, -0.2) is 9.50 Å². The van der Waals surface area contributed by atoms with E-state index in [0.29, 0.717) is 5.92 Å². The van der Waals surface area contributed by atoms with Gasteiger partial charge >= 0.3 is 0 Å². The molecule has 2 aromatic heterocycles. The summed E-state index contributed by atoms with van der Waals surface area (Å²) in [5.41, 5.74) is 5.27. The van der Waals surface area contributed by atoms with Gasteiger partial charge in [0, 0.05) is 5.56 Å². The molecule has 1 aromatic carbocycles. The zero-order chi connectivity index (χ0) is 13.4. The predicted molar refractivity (Wildman–Crippen MR) is 77.2 cm³/mol. The zero-order valence-electron chi connectivity index (χ0n) is 11.5. The van der Waals surface area contributed by atoms with Crippen molar-refractivity contribution < 1.29 is 0 Å². The molecule has 0 unspecified atom stereocenters. The van der Waals surface area contributed by atoms with Crippen LogP contribution in [0.5, 0.6) is 0 Å². The fourth-order valence-electron chi connectivity index (χ4n) is 2.37. The lowest BCUT2D eigenvalue weighted by Gasteiger charge is -2.07. The molecule has 0 radical (unpaired) electrons. The average molecular weight is 251 g/mol. The molecule has 0 amide bonds. The highest BCUT2D eigenvalue weighted by molar-refractivity contribution is 5.66. The van der Waals surface area contributed by atoms with Crippen molar-refractivity contribution in [3.63, 3.8) is 0 Å². The number of benzene rings is 1. The van der Waals surface area contributed by atoms with Gasteiger partial charge in [0.2, 0.25) is 0 Å². The van der Waals surface area contributed by atoms with Crippen molar-refractivity contribution in [3.8, 4) is 11.3 Å². The third-order valence-corrected chi connectivity index (χ3v) is 3.24. The second kappa shape index (κ2) is 4.50. The summed E-state index contributed by atoms with van der Waals surface area (Å²) in [6.07, 6.45) is 0. The maximum Gasteiger partial charge on any atom is 0.154 e. The Morgan fingerprint density at radius 1 is 1.00 bits per heavy atom. The van der Waals surface area contributed by atoms with Crippen LogP contribution in [0.3, 0.4) is 0 Å². The van der Waals surface area contributed by atoms with Crippen molar-refractivity contribution in [1.29, 1.82) is 0 Å². The highest BCUT2D eigenvalue weighted by atomic mass is 15.3. The van der Waals surface area contributed by atoms with Crippen molar-refractivity contribution in [2.45, 2.75) is 26.7 Å². The molecule has 0 fully saturated rings. The molecule has 0 aliphatic heterocycles. The highest BCUT2D eigenvalue weighted by Crippen LogP contribution is 2.29. The maximum atomic E-state index is 4.75. The van der Waals surface area contributed by atoms with E-state index in [1.807, 2.05) is 41.8 Å². The lowest BCUT2D eigenvalue weighted by molar-refractivity contribution is 0.753. The Hall–Kier alpha value is -2.16. The molecule has 3 heteroatoms. The van der Waals surface area contributed by atoms with E-state index in [0.717, 1.165) is 22.6 Å². The van der Waals surface area contributed by atoms with Crippen molar-refractivity contribution in [2.24, 2.45) is 0 Å². The first-order valence-electron chi connectivity index (χ1n) is 6.58. The largest absolute Gasteiger partial charge is 0.227 e. The van der Waals surface area contributed by atoms with Crippen LogP contribution in [-0.2, 0) is 0 Å². The Morgan fingerprint density at radius 3 is 2.42 bits per heavy atom. The van der Waals surface area contributed by atoms with E-state index >= 15 is 0 Å². The summed E-state index contributed by atoms with van der Waals surface area (Å²) in [4.78, 5) is 4.75. The van der Waals surface area contributed by atoms with Gasteiger partial charge in [-0.05, 0) is 25.0 Å². The second-order valence-corrected chi connectivity index (χ2v) is 5.11. The Kier molecular flexibility index (Phi) is 2.82. The molecule has 0 spiro atoms. The first-order valence-corrected chi connectivity index (χ1v) is 6.58. The van der Waals surface area contributed by atoms with Crippen LogP contribution >= 0.6 is 0 Å². The number of hydrogen-bond acceptors (Lipinski definition) is 2. The zero-order valence-corrected chi connectivity index (χ0v) is 11.5. The molecule has 3 nitrogen and oxygen atoms in total. The monoisotopic (exact) mass is 251 g/mol. The Labute approximate surface area is 112 Å². The number of imidazole rings is 1. The summed E-state index contributed by atoms with van der Waals surface area (Å²) in [7, 11) is 0. The quantitative estimate of drug-likeness (QED) is 0.693. The van der Waals surface area contributed by atoms with E-state index in [4.69, 9.17) is 4.98 Å². The standard InChI is InChI=1S/C16H17N3/c1-11(2)16-15(13-7-5-4-6-8-13)17-14-10-9-12(3)18-19(14)16/h4-11H,1-3H3. The molecule has 19 heavy (non-hydrogen) atoms. The molecule has 0 atom stereocenters. The van der Waals surface area contributed by atoms with Crippen LogP contribution < -0.4 is 0 Å². The minimum atomic E-state index is 0.375. The Bertz CT molecular complexity index is 711. The second-order valence-electron chi connectivity index (χ2n) is 5.11. The molecular formula is C16H17N3. The van der Waals surface area contributed by atoms with Gasteiger partial charge in [-0.1, -0.05) is 44.2 Å². The molecule has 0 saturated carbocycles. The van der Waals surface area contributed by atoms with Gasteiger partial charge < -0.3 is 0 Å². The van der Waals surface area contributed by atoms with Gasteiger partial charge in [-0.15, -0.1) is 0 Å². The Balaban J connectivity index is 2.33. The summed E-state index contributed by atoms with van der Waals surface area (Å²) >= 11 is 0. The number of hydrogen-bond donors (Lipinski definition) is 0. The van der Waals surface area contributed by atoms with Gasteiger partial charge in [0.1, 0.15) is 0 Å². The fraction of sp³-hybridized carbons (Fsp3) is 0.250. The smallest absolute Gasteiger partial charge is 0.154 e. The number of aryl methyl sites for hydroxylation is 1. The predicted octanol–water partition coefficient (Wildman–Crippen LogP) is 3.83. The topological polar surface area (TPSA) is 30.2 Å². The molecule has 3 rings (SSSR count). The summed E-state index contributed by atoms with van der Waals surface area (Å²) in [6.45, 7) is 6.37. The van der Waals surface area contributed by atoms with Crippen LogP contribution in [0.15, 0.2) is 42.5 Å². The van der Waals surface area contributed by atoms with Crippen LogP contribution in [0.25, 0.3) is 16.9 Å². The van der Waals surface area contributed by atoms with Crippen LogP contribution in [0, 0.1) is 6.92 Å². The molecule has 0 aliphatic rings. The minimum Gasteiger partial charge on any atom is -0.227 e. The first-order chi connectivity index (χ1) is 9.16. The van der Waals surface area contributed by atoms with Crippen molar-refractivity contribution in [1.82, 2.24) is 14.6 Å². The van der Waals surface area contributed by atoms with E-state index in [9.17, 15) is 0 Å². The third-order valence-electron chi connectivity index (χ3n) is 3.24. The minimum absolute atomic E-state index is 0.375. The van der Waals surface area contributed by atoms with Crippen molar-refractivity contribution >= 4 is 5.65 Å². The molecule has 0 saturated heterocycles. The molecule has 3 aromatic rings. The maximum absolute atomic E-state index is 4.75. The molecule has 96 valence electrons. The van der Waals surface area contributed by atoms with Crippen molar-refractivity contribution in [2.75, 3.05) is 0 Å². The number of rotatable bonds is 2. The van der Waals surface area contributed by atoms with Crippen LogP contribution in [-0.4, -0.2) is 14.6 Å². The summed E-state index contributed by atoms with van der Waals surface area (Å²) in [5, 5.41) is 4.60. The number of aromatic nitrogens is 3. The highest BCUT2D eigenvalue weighted by Gasteiger charge is 2.17. The molecule has 0 N–H and O–H groups in total. The normalized spacial score (nSPS) is 11.4. The van der Waals surface area contributed by atoms with E-state index in [1.54, 1.807) is 0 Å². The molecular weight excluding hydrogens is 234 g/mol. The summed E-state index contributed by atoms with van der Waals surface area (Å²) in [6, 6.07) is 14.3. The average Bonchev–Trinajstić information content (AvgIpc) is 2.78. The van der Waals surface area contributed by atoms with Gasteiger partial charge in [0.15, 0.2) is 5.65 Å². The van der Waals surface area contributed by atoms with Crippen LogP contribution in [0.1, 0.15) is 31.2 Å². The van der Waals surface area contributed by atoms with Gasteiger partial charge in [-0.3, -0.25) is 0 Å². The SMILES string of the molecule is Cc1ccc2nc(-c3ccccc3)c(C(C)C)n2n1. The molecule has 0 bridgehead atoms. The van der Waals surface area contributed by atoms with E-state index in [1.165, 1.54) is 5.69 Å². The van der Waals surface area contributed by atoms with Gasteiger partial charge in [-0.2, -0.15) is 5.10 Å². The van der Waals surface area contributed by atoms with E-state index < -0.39 is 0 Å². The first kappa shape index (κ1) is 11.9. The Morgan fingerprint density at radius 2 is 1.74 bits per heavy atom. The molecule has 0 aliphatic carbocycles. The summed E-state index contributed by atoms with van der Waals surface area (Å²) in [5.74, 6) is 0.375. The number of fused-ring (bicyclic) bond motifs is 1. The lowest BCUT2D eigenvalue weighted by Crippen LogP contribution is -2.01. The van der Waals surface area contributed by atoms with E-state index in [-0.39, 0.29) is 0 Å². The van der Waals surface area contributed by atoms with Gasteiger partial charge in [0.05, 0.1) is 17.1 Å². The fourth-order valence-corrected chi connectivity index (χ4v) is 2.37. The number of nitrogens with zero attached hydrogens (tertiary/aromatic N) is 3. The van der Waals surface area contributed by atoms with E-state index in [2.05, 4.69) is 31.1 Å². The van der Waals surface area contributed by atoms with Crippen LogP contribution in [0.4, 0.5) is 0 Å². The lowest BCUT2D eigenvalue weighted by atomic mass is 10.0. The van der Waals surface area contributed by atoms with Crippen LogP contribution in [0.2, 0.25) is 0 Å².